The molecular formula is C14H26O2. The molecule has 2 aliphatic carbocycles. The fourth-order valence-corrected chi connectivity index (χ4v) is 3.39. The molecule has 4 unspecified atom stereocenters. The Hall–Kier alpha value is -0.0800. The summed E-state index contributed by atoms with van der Waals surface area (Å²) in [6, 6.07) is 0. The first-order valence-electron chi connectivity index (χ1n) is 6.79. The average Bonchev–Trinajstić information content (AvgIpc) is 3.06. The van der Waals surface area contributed by atoms with E-state index < -0.39 is 5.60 Å². The normalized spacial score (nSPS) is 39.4. The Kier molecular flexibility index (Phi) is 3.60. The first kappa shape index (κ1) is 12.4. The van der Waals surface area contributed by atoms with E-state index in [0.29, 0.717) is 18.4 Å². The molecule has 0 bridgehead atoms. The lowest BCUT2D eigenvalue weighted by Crippen LogP contribution is -2.47. The number of hydrogen-bond acceptors (Lipinski definition) is 2. The lowest BCUT2D eigenvalue weighted by molar-refractivity contribution is -0.108. The van der Waals surface area contributed by atoms with Gasteiger partial charge in [0, 0.05) is 7.11 Å². The Morgan fingerprint density at radius 1 is 1.06 bits per heavy atom. The molecule has 2 saturated carbocycles. The van der Waals surface area contributed by atoms with Crippen LogP contribution in [-0.4, -0.2) is 24.4 Å². The topological polar surface area (TPSA) is 29.5 Å². The summed E-state index contributed by atoms with van der Waals surface area (Å²) in [4.78, 5) is 0. The molecular weight excluding hydrogens is 200 g/mol. The minimum Gasteiger partial charge on any atom is -0.387 e. The lowest BCUT2D eigenvalue weighted by atomic mass is 9.68. The summed E-state index contributed by atoms with van der Waals surface area (Å²) in [5.74, 6) is 2.55. The molecule has 0 saturated heterocycles. The molecule has 2 fully saturated rings. The van der Waals surface area contributed by atoms with Crippen molar-refractivity contribution in [2.24, 2.45) is 23.7 Å². The predicted octanol–water partition coefficient (Wildman–Crippen LogP) is 2.85. The standard InChI is InChI=1S/C14H26O2/c1-10-4-5-13(8-11(10)2)14(15,9-16-3)12-6-7-12/h10-13,15H,4-9H2,1-3H3. The molecule has 0 radical (unpaired) electrons. The molecule has 16 heavy (non-hydrogen) atoms. The molecule has 0 aliphatic heterocycles. The quantitative estimate of drug-likeness (QED) is 0.798. The lowest BCUT2D eigenvalue weighted by Gasteiger charge is -2.42. The van der Waals surface area contributed by atoms with Gasteiger partial charge in [-0.1, -0.05) is 20.3 Å². The molecule has 2 heteroatoms. The summed E-state index contributed by atoms with van der Waals surface area (Å²) >= 11 is 0. The monoisotopic (exact) mass is 226 g/mol. The Bertz CT molecular complexity index is 237. The molecule has 1 N–H and O–H groups in total. The summed E-state index contributed by atoms with van der Waals surface area (Å²) in [5.41, 5.74) is -0.525. The van der Waals surface area contributed by atoms with E-state index in [1.165, 1.54) is 32.1 Å². The predicted molar refractivity (Wildman–Crippen MR) is 65.2 cm³/mol. The first-order chi connectivity index (χ1) is 7.58. The maximum absolute atomic E-state index is 10.9. The van der Waals surface area contributed by atoms with Crippen molar-refractivity contribution < 1.29 is 9.84 Å². The van der Waals surface area contributed by atoms with E-state index in [2.05, 4.69) is 13.8 Å². The van der Waals surface area contributed by atoms with Crippen molar-refractivity contribution in [3.63, 3.8) is 0 Å². The molecule has 0 aromatic heterocycles. The van der Waals surface area contributed by atoms with E-state index >= 15 is 0 Å². The van der Waals surface area contributed by atoms with Crippen LogP contribution in [-0.2, 0) is 4.74 Å². The summed E-state index contributed by atoms with van der Waals surface area (Å²) in [6.45, 7) is 5.20. The van der Waals surface area contributed by atoms with Gasteiger partial charge in [-0.2, -0.15) is 0 Å². The van der Waals surface area contributed by atoms with Crippen LogP contribution in [0.5, 0.6) is 0 Å². The van der Waals surface area contributed by atoms with Gasteiger partial charge in [-0.3, -0.25) is 0 Å². The van der Waals surface area contributed by atoms with Crippen LogP contribution in [0.3, 0.4) is 0 Å². The fraction of sp³-hybridized carbons (Fsp3) is 1.00. The van der Waals surface area contributed by atoms with Gasteiger partial charge in [0.15, 0.2) is 0 Å². The molecule has 0 aromatic carbocycles. The third-order valence-corrected chi connectivity index (χ3v) is 4.96. The minimum absolute atomic E-state index is 0.464. The van der Waals surface area contributed by atoms with Crippen molar-refractivity contribution in [1.82, 2.24) is 0 Å². The Morgan fingerprint density at radius 3 is 2.19 bits per heavy atom. The van der Waals surface area contributed by atoms with Gasteiger partial charge in [-0.05, 0) is 49.4 Å². The number of rotatable bonds is 4. The maximum atomic E-state index is 10.9. The van der Waals surface area contributed by atoms with Gasteiger partial charge >= 0.3 is 0 Å². The molecule has 4 atom stereocenters. The maximum Gasteiger partial charge on any atom is 0.0935 e. The molecule has 2 rings (SSSR count). The van der Waals surface area contributed by atoms with Gasteiger partial charge in [0.1, 0.15) is 0 Å². The SMILES string of the molecule is COCC(O)(C1CC1)C1CCC(C)C(C)C1. The van der Waals surface area contributed by atoms with E-state index in [1.54, 1.807) is 7.11 Å². The van der Waals surface area contributed by atoms with E-state index in [0.717, 1.165) is 11.8 Å². The van der Waals surface area contributed by atoms with Gasteiger partial charge in [-0.25, -0.2) is 0 Å². The largest absolute Gasteiger partial charge is 0.387 e. The highest BCUT2D eigenvalue weighted by molar-refractivity contribution is 5.00. The van der Waals surface area contributed by atoms with Crippen LogP contribution >= 0.6 is 0 Å². The molecule has 2 aliphatic rings. The highest BCUT2D eigenvalue weighted by Gasteiger charge is 2.50. The molecule has 2 nitrogen and oxygen atoms in total. The zero-order chi connectivity index (χ0) is 11.8. The Labute approximate surface area is 99.4 Å². The second kappa shape index (κ2) is 4.66. The van der Waals surface area contributed by atoms with E-state index in [4.69, 9.17) is 4.74 Å². The van der Waals surface area contributed by atoms with Gasteiger partial charge in [-0.15, -0.1) is 0 Å². The van der Waals surface area contributed by atoms with Crippen molar-refractivity contribution in [2.75, 3.05) is 13.7 Å². The fourth-order valence-electron chi connectivity index (χ4n) is 3.39. The average molecular weight is 226 g/mol. The zero-order valence-electron chi connectivity index (χ0n) is 10.9. The third kappa shape index (κ3) is 2.28. The molecule has 0 spiro atoms. The molecule has 0 aromatic rings. The van der Waals surface area contributed by atoms with Gasteiger partial charge in [0.2, 0.25) is 0 Å². The van der Waals surface area contributed by atoms with Crippen LogP contribution in [0.25, 0.3) is 0 Å². The van der Waals surface area contributed by atoms with Crippen LogP contribution in [0.1, 0.15) is 46.0 Å². The molecule has 0 amide bonds. The van der Waals surface area contributed by atoms with Crippen molar-refractivity contribution in [2.45, 2.75) is 51.6 Å². The van der Waals surface area contributed by atoms with Crippen molar-refractivity contribution in [3.8, 4) is 0 Å². The Morgan fingerprint density at radius 2 is 1.69 bits per heavy atom. The summed E-state index contributed by atoms with van der Waals surface area (Å²) in [7, 11) is 1.71. The second-order valence-corrected chi connectivity index (χ2v) is 6.16. The Balaban J connectivity index is 2.03. The number of aliphatic hydroxyl groups is 1. The van der Waals surface area contributed by atoms with Crippen molar-refractivity contribution in [1.29, 1.82) is 0 Å². The molecule has 94 valence electrons. The first-order valence-corrected chi connectivity index (χ1v) is 6.79. The van der Waals surface area contributed by atoms with Gasteiger partial charge in [0.25, 0.3) is 0 Å². The third-order valence-electron chi connectivity index (χ3n) is 4.96. The van der Waals surface area contributed by atoms with Gasteiger partial charge < -0.3 is 9.84 Å². The number of methoxy groups -OCH3 is 1. The summed E-state index contributed by atoms with van der Waals surface area (Å²) in [5, 5.41) is 10.9. The van der Waals surface area contributed by atoms with Gasteiger partial charge in [0.05, 0.1) is 12.2 Å². The smallest absolute Gasteiger partial charge is 0.0935 e. The van der Waals surface area contributed by atoms with Crippen molar-refractivity contribution in [3.05, 3.63) is 0 Å². The van der Waals surface area contributed by atoms with Crippen LogP contribution in [0.2, 0.25) is 0 Å². The summed E-state index contributed by atoms with van der Waals surface area (Å²) < 4.78 is 5.27. The molecule has 0 heterocycles. The minimum atomic E-state index is -0.525. The van der Waals surface area contributed by atoms with Crippen LogP contribution in [0.4, 0.5) is 0 Å². The van der Waals surface area contributed by atoms with Crippen LogP contribution < -0.4 is 0 Å². The summed E-state index contributed by atoms with van der Waals surface area (Å²) in [6.07, 6.45) is 6.02. The van der Waals surface area contributed by atoms with Crippen LogP contribution in [0, 0.1) is 23.7 Å². The van der Waals surface area contributed by atoms with Crippen molar-refractivity contribution >= 4 is 0 Å². The highest BCUT2D eigenvalue weighted by atomic mass is 16.5. The number of ether oxygens (including phenoxy) is 1. The van der Waals surface area contributed by atoms with E-state index in [9.17, 15) is 5.11 Å². The number of hydrogen-bond donors (Lipinski definition) is 1. The van der Waals surface area contributed by atoms with Crippen LogP contribution in [0.15, 0.2) is 0 Å². The highest BCUT2D eigenvalue weighted by Crippen LogP contribution is 2.49. The zero-order valence-corrected chi connectivity index (χ0v) is 10.9. The van der Waals surface area contributed by atoms with E-state index in [1.807, 2.05) is 0 Å². The van der Waals surface area contributed by atoms with E-state index in [-0.39, 0.29) is 0 Å². The second-order valence-electron chi connectivity index (χ2n) is 6.16.